The van der Waals surface area contributed by atoms with Gasteiger partial charge in [-0.1, -0.05) is 52.0 Å². The lowest BCUT2D eigenvalue weighted by atomic mass is 9.76. The van der Waals surface area contributed by atoms with Crippen molar-refractivity contribution >= 4 is 33.4 Å². The fraction of sp³-hybridized carbons (Fsp3) is 0.308. The van der Waals surface area contributed by atoms with Gasteiger partial charge in [0, 0.05) is 41.5 Å². The van der Waals surface area contributed by atoms with Crippen LogP contribution in [0.15, 0.2) is 24.3 Å². The fourth-order valence-electron chi connectivity index (χ4n) is 5.93. The molecule has 4 heteroatoms. The Kier molecular flexibility index (Phi) is 3.37. The molecule has 6 rings (SSSR count). The largest absolute Gasteiger partial charge is 0.205 e. The van der Waals surface area contributed by atoms with Gasteiger partial charge in [0.15, 0.2) is 0 Å². The number of halogens is 2. The Hall–Kier alpha value is -2.04. The maximum Gasteiger partial charge on any atom is 0.141 e. The van der Waals surface area contributed by atoms with Gasteiger partial charge in [0.25, 0.3) is 0 Å². The second kappa shape index (κ2) is 5.41. The highest BCUT2D eigenvalue weighted by molar-refractivity contribution is 7.16. The maximum absolute atomic E-state index is 15.1. The van der Waals surface area contributed by atoms with Crippen LogP contribution in [0.5, 0.6) is 0 Å². The summed E-state index contributed by atoms with van der Waals surface area (Å²) in [6.07, 6.45) is 0. The number of fused-ring (bicyclic) bond motifs is 9. The molecule has 152 valence electrons. The lowest BCUT2D eigenvalue weighted by molar-refractivity contribution is 0.559. The van der Waals surface area contributed by atoms with Crippen LogP contribution in [-0.2, 0) is 10.8 Å². The molecule has 2 aliphatic carbocycles. The minimum absolute atomic E-state index is 0.0643. The van der Waals surface area contributed by atoms with Gasteiger partial charge in [-0.2, -0.15) is 0 Å². The van der Waals surface area contributed by atoms with Crippen molar-refractivity contribution in [3.63, 3.8) is 0 Å². The molecule has 0 N–H and O–H groups in total. The highest BCUT2D eigenvalue weighted by atomic mass is 32.1. The van der Waals surface area contributed by atoms with Gasteiger partial charge in [0.2, 0.25) is 0 Å². The van der Waals surface area contributed by atoms with Crippen molar-refractivity contribution in [3.05, 3.63) is 67.9 Å². The van der Waals surface area contributed by atoms with Crippen LogP contribution in [0.4, 0.5) is 8.78 Å². The molecule has 0 bridgehead atoms. The van der Waals surface area contributed by atoms with E-state index in [4.69, 9.17) is 0 Å². The molecular formula is C26H22F2S2. The number of rotatable bonds is 0. The lowest BCUT2D eigenvalue weighted by Gasteiger charge is -2.26. The van der Waals surface area contributed by atoms with Crippen LogP contribution in [0.25, 0.3) is 31.7 Å². The molecule has 2 aliphatic rings. The second-order valence-corrected chi connectivity index (χ2v) is 12.1. The van der Waals surface area contributed by atoms with Gasteiger partial charge < -0.3 is 0 Å². The highest BCUT2D eigenvalue weighted by Gasteiger charge is 2.45. The third kappa shape index (κ3) is 1.91. The molecule has 0 fully saturated rings. The Bertz CT molecular complexity index is 1320. The van der Waals surface area contributed by atoms with Crippen LogP contribution in [-0.4, -0.2) is 0 Å². The molecule has 0 saturated heterocycles. The van der Waals surface area contributed by atoms with Gasteiger partial charge in [-0.15, -0.1) is 22.7 Å². The molecule has 0 atom stereocenters. The SMILES string of the molecule is Cc1sc2c(c1F)C(C)(C)c1c-2ccc2c3c(ccc12)-c1sc(C)c(F)c1C3(C)C. The average molecular weight is 437 g/mol. The van der Waals surface area contributed by atoms with E-state index in [0.717, 1.165) is 52.5 Å². The predicted molar refractivity (Wildman–Crippen MR) is 124 cm³/mol. The Labute approximate surface area is 183 Å². The van der Waals surface area contributed by atoms with Gasteiger partial charge in [0.05, 0.1) is 0 Å². The van der Waals surface area contributed by atoms with Gasteiger partial charge >= 0.3 is 0 Å². The minimum atomic E-state index is -0.400. The van der Waals surface area contributed by atoms with Crippen LogP contribution in [0.3, 0.4) is 0 Å². The molecule has 0 radical (unpaired) electrons. The Morgan fingerprint density at radius 1 is 0.600 bits per heavy atom. The third-order valence-electron chi connectivity index (χ3n) is 7.21. The van der Waals surface area contributed by atoms with Crippen molar-refractivity contribution in [2.45, 2.75) is 52.4 Å². The van der Waals surface area contributed by atoms with Crippen LogP contribution < -0.4 is 0 Å². The molecule has 0 unspecified atom stereocenters. The zero-order valence-corrected chi connectivity index (χ0v) is 19.5. The second-order valence-electron chi connectivity index (χ2n) is 9.67. The number of hydrogen-bond donors (Lipinski definition) is 0. The quantitative estimate of drug-likeness (QED) is 0.259. The van der Waals surface area contributed by atoms with Crippen LogP contribution in [0.1, 0.15) is 59.7 Å². The molecule has 0 nitrogen and oxygen atoms in total. The van der Waals surface area contributed by atoms with Crippen molar-refractivity contribution in [1.29, 1.82) is 0 Å². The molecule has 0 aliphatic heterocycles. The number of benzene rings is 2. The molecule has 2 heterocycles. The summed E-state index contributed by atoms with van der Waals surface area (Å²) < 4.78 is 30.1. The summed E-state index contributed by atoms with van der Waals surface area (Å²) in [5, 5.41) is 2.33. The first kappa shape index (κ1) is 18.7. The lowest BCUT2D eigenvalue weighted by Crippen LogP contribution is -2.19. The predicted octanol–water partition coefficient (Wildman–Crippen LogP) is 8.47. The van der Waals surface area contributed by atoms with E-state index < -0.39 is 10.8 Å². The van der Waals surface area contributed by atoms with E-state index in [0.29, 0.717) is 0 Å². The van der Waals surface area contributed by atoms with Crippen LogP contribution >= 0.6 is 22.7 Å². The van der Waals surface area contributed by atoms with Crippen molar-refractivity contribution in [2.75, 3.05) is 0 Å². The standard InChI is InChI=1S/C26H22F2S2/c1-11-21(27)19-23(29-11)15-9-7-14-13(17(15)25(19,3)4)8-10-16-18(14)26(5,6)20-22(28)12(2)30-24(16)20/h7-10H,1-6H3. The zero-order chi connectivity index (χ0) is 21.3. The average Bonchev–Trinajstić information content (AvgIpc) is 3.30. The summed E-state index contributed by atoms with van der Waals surface area (Å²) in [6.45, 7) is 12.2. The summed E-state index contributed by atoms with van der Waals surface area (Å²) in [5.74, 6) is -0.129. The minimum Gasteiger partial charge on any atom is -0.205 e. The monoisotopic (exact) mass is 436 g/mol. The van der Waals surface area contributed by atoms with E-state index in [9.17, 15) is 0 Å². The number of aryl methyl sites for hydroxylation is 2. The summed E-state index contributed by atoms with van der Waals surface area (Å²) >= 11 is 3.11. The fourth-order valence-corrected chi connectivity index (χ4v) is 8.38. The van der Waals surface area contributed by atoms with E-state index >= 15 is 8.78 Å². The van der Waals surface area contributed by atoms with E-state index in [2.05, 4.69) is 52.0 Å². The zero-order valence-electron chi connectivity index (χ0n) is 17.9. The van der Waals surface area contributed by atoms with E-state index in [1.165, 1.54) is 11.1 Å². The van der Waals surface area contributed by atoms with Crippen molar-refractivity contribution in [1.82, 2.24) is 0 Å². The molecule has 4 aromatic rings. The van der Waals surface area contributed by atoms with Gasteiger partial charge in [-0.3, -0.25) is 0 Å². The Morgan fingerprint density at radius 2 is 0.967 bits per heavy atom. The van der Waals surface area contributed by atoms with E-state index in [-0.39, 0.29) is 11.6 Å². The molecule has 0 saturated carbocycles. The van der Waals surface area contributed by atoms with Crippen molar-refractivity contribution in [3.8, 4) is 20.9 Å². The third-order valence-corrected chi connectivity index (χ3v) is 9.44. The Morgan fingerprint density at radius 3 is 1.33 bits per heavy atom. The van der Waals surface area contributed by atoms with Crippen molar-refractivity contribution in [2.24, 2.45) is 0 Å². The molecule has 2 aromatic carbocycles. The summed E-state index contributed by atoms with van der Waals surface area (Å²) in [4.78, 5) is 3.63. The van der Waals surface area contributed by atoms with Gasteiger partial charge in [-0.05, 0) is 46.9 Å². The van der Waals surface area contributed by atoms with Gasteiger partial charge in [0.1, 0.15) is 11.6 Å². The maximum atomic E-state index is 15.1. The van der Waals surface area contributed by atoms with Crippen LogP contribution in [0, 0.1) is 25.5 Å². The first-order valence-electron chi connectivity index (χ1n) is 10.3. The normalized spacial score (nSPS) is 17.2. The van der Waals surface area contributed by atoms with Crippen molar-refractivity contribution < 1.29 is 8.78 Å². The first-order chi connectivity index (χ1) is 14.1. The number of hydrogen-bond acceptors (Lipinski definition) is 2. The highest BCUT2D eigenvalue weighted by Crippen LogP contribution is 2.59. The molecule has 2 aromatic heterocycles. The van der Waals surface area contributed by atoms with E-state index in [1.54, 1.807) is 22.7 Å². The topological polar surface area (TPSA) is 0 Å². The summed E-state index contributed by atoms with van der Waals surface area (Å²) in [7, 11) is 0. The smallest absolute Gasteiger partial charge is 0.141 e. The molecule has 0 spiro atoms. The Balaban J connectivity index is 1.72. The number of thiophene rings is 2. The summed E-state index contributed by atoms with van der Waals surface area (Å²) in [6, 6.07) is 8.67. The van der Waals surface area contributed by atoms with Gasteiger partial charge in [-0.25, -0.2) is 8.78 Å². The summed E-state index contributed by atoms with van der Waals surface area (Å²) in [5.41, 5.74) is 5.54. The first-order valence-corrected chi connectivity index (χ1v) is 11.9. The molecular weight excluding hydrogens is 414 g/mol. The molecule has 30 heavy (non-hydrogen) atoms. The van der Waals surface area contributed by atoms with Crippen LogP contribution in [0.2, 0.25) is 0 Å². The molecule has 0 amide bonds. The van der Waals surface area contributed by atoms with E-state index in [1.807, 2.05) is 13.8 Å².